The number of carbonyl (C=O) groups excluding carboxylic acids is 1. The predicted molar refractivity (Wildman–Crippen MR) is 105 cm³/mol. The number of hydrogen-bond acceptors (Lipinski definition) is 8. The summed E-state index contributed by atoms with van der Waals surface area (Å²) in [5.74, 6) is 1.81. The molecule has 2 aromatic heterocycles. The number of aryl methyl sites for hydroxylation is 1. The lowest BCUT2D eigenvalue weighted by Gasteiger charge is -2.54. The molecule has 2 aliphatic rings. The molecule has 9 nitrogen and oxygen atoms in total. The van der Waals surface area contributed by atoms with E-state index in [-0.39, 0.29) is 11.8 Å². The largest absolute Gasteiger partial charge is 0.380 e. The van der Waals surface area contributed by atoms with Crippen molar-refractivity contribution < 1.29 is 9.53 Å². The first-order chi connectivity index (χ1) is 13.4. The van der Waals surface area contributed by atoms with E-state index in [0.717, 1.165) is 37.6 Å². The molecule has 2 fully saturated rings. The molecule has 0 aromatic carbocycles. The van der Waals surface area contributed by atoms with Crippen LogP contribution in [-0.2, 0) is 4.74 Å². The molecule has 28 heavy (non-hydrogen) atoms. The van der Waals surface area contributed by atoms with Gasteiger partial charge in [0.1, 0.15) is 5.82 Å². The van der Waals surface area contributed by atoms with Crippen molar-refractivity contribution >= 4 is 23.5 Å². The van der Waals surface area contributed by atoms with E-state index in [0.29, 0.717) is 28.7 Å². The molecule has 1 spiro atoms. The summed E-state index contributed by atoms with van der Waals surface area (Å²) in [5.41, 5.74) is 2.35. The molecule has 0 aliphatic carbocycles. The molecular formula is C19H25N7O2. The zero-order chi connectivity index (χ0) is 19.9. The number of ether oxygens (including phenoxy) is 1. The van der Waals surface area contributed by atoms with E-state index in [1.165, 1.54) is 0 Å². The Morgan fingerprint density at radius 3 is 2.54 bits per heavy atom. The fraction of sp³-hybridized carbons (Fsp3) is 0.526. The number of amides is 1. The maximum Gasteiger partial charge on any atom is 0.271 e. The highest BCUT2D eigenvalue weighted by Crippen LogP contribution is 2.39. The molecule has 0 bridgehead atoms. The molecule has 4 heterocycles. The average molecular weight is 383 g/mol. The Labute approximate surface area is 163 Å². The maximum atomic E-state index is 12.0. The molecule has 9 heteroatoms. The van der Waals surface area contributed by atoms with E-state index in [1.54, 1.807) is 7.05 Å². The molecule has 2 N–H and O–H groups in total. The van der Waals surface area contributed by atoms with Crippen molar-refractivity contribution in [3.05, 3.63) is 29.1 Å². The Bertz CT molecular complexity index is 903. The number of carbonyl (C=O) groups is 1. The van der Waals surface area contributed by atoms with Gasteiger partial charge in [0, 0.05) is 31.9 Å². The molecule has 0 saturated carbocycles. The van der Waals surface area contributed by atoms with E-state index < -0.39 is 0 Å². The van der Waals surface area contributed by atoms with Gasteiger partial charge in [-0.15, -0.1) is 10.2 Å². The van der Waals surface area contributed by atoms with Crippen LogP contribution in [0.3, 0.4) is 0 Å². The minimum atomic E-state index is -0.241. The van der Waals surface area contributed by atoms with Crippen molar-refractivity contribution in [3.8, 4) is 0 Å². The Morgan fingerprint density at radius 2 is 1.93 bits per heavy atom. The van der Waals surface area contributed by atoms with E-state index in [2.05, 4.69) is 35.7 Å². The quantitative estimate of drug-likeness (QED) is 0.803. The first-order valence-electron chi connectivity index (χ1n) is 9.44. The summed E-state index contributed by atoms with van der Waals surface area (Å²) in [5, 5.41) is 14.1. The standard InChI is InChI=1S/C19H25N7O2/c1-11(2)13-6-15(24-25-16(13)17(27)20-4)22-14-5-12(3)21-18(23-14)26-7-19(8-26)9-28-10-19/h5-6,11H,7-10H2,1-4H3,(H,20,27)(H,21,22,23,24). The van der Waals surface area contributed by atoms with E-state index in [1.807, 2.05) is 32.9 Å². The number of aromatic nitrogens is 4. The zero-order valence-electron chi connectivity index (χ0n) is 16.6. The SMILES string of the molecule is CNC(=O)c1nnc(Nc2cc(C)nc(N3CC4(COC4)C3)n2)cc1C(C)C. The van der Waals surface area contributed by atoms with Crippen molar-refractivity contribution in [2.75, 3.05) is 43.6 Å². The van der Waals surface area contributed by atoms with Gasteiger partial charge in [0.25, 0.3) is 5.91 Å². The molecule has 0 atom stereocenters. The predicted octanol–water partition coefficient (Wildman–Crippen LogP) is 1.64. The van der Waals surface area contributed by atoms with Gasteiger partial charge in [-0.3, -0.25) is 4.79 Å². The Morgan fingerprint density at radius 1 is 1.18 bits per heavy atom. The van der Waals surface area contributed by atoms with E-state index in [4.69, 9.17) is 4.74 Å². The minimum Gasteiger partial charge on any atom is -0.380 e. The maximum absolute atomic E-state index is 12.0. The molecule has 1 amide bonds. The molecule has 148 valence electrons. The summed E-state index contributed by atoms with van der Waals surface area (Å²) in [6.45, 7) is 9.48. The van der Waals surface area contributed by atoms with Gasteiger partial charge < -0.3 is 20.3 Å². The molecule has 2 aliphatic heterocycles. The highest BCUT2D eigenvalue weighted by Gasteiger charge is 2.49. The zero-order valence-corrected chi connectivity index (χ0v) is 16.6. The van der Waals surface area contributed by atoms with Crippen LogP contribution in [0, 0.1) is 12.3 Å². The third-order valence-corrected chi connectivity index (χ3v) is 5.14. The van der Waals surface area contributed by atoms with Gasteiger partial charge >= 0.3 is 0 Å². The fourth-order valence-electron chi connectivity index (χ4n) is 3.57. The van der Waals surface area contributed by atoms with Crippen LogP contribution < -0.4 is 15.5 Å². The fourth-order valence-corrected chi connectivity index (χ4v) is 3.57. The number of nitrogens with one attached hydrogen (secondary N) is 2. The third kappa shape index (κ3) is 3.37. The monoisotopic (exact) mass is 383 g/mol. The van der Waals surface area contributed by atoms with Crippen LogP contribution in [0.5, 0.6) is 0 Å². The minimum absolute atomic E-state index is 0.132. The van der Waals surface area contributed by atoms with Gasteiger partial charge in [0.2, 0.25) is 5.95 Å². The smallest absolute Gasteiger partial charge is 0.271 e. The number of nitrogens with zero attached hydrogens (tertiary/aromatic N) is 5. The normalized spacial score (nSPS) is 17.2. The Hall–Kier alpha value is -2.81. The highest BCUT2D eigenvalue weighted by atomic mass is 16.5. The van der Waals surface area contributed by atoms with Crippen LogP contribution in [0.15, 0.2) is 12.1 Å². The molecular weight excluding hydrogens is 358 g/mol. The van der Waals surface area contributed by atoms with Crippen molar-refractivity contribution in [2.45, 2.75) is 26.7 Å². The van der Waals surface area contributed by atoms with Gasteiger partial charge in [-0.05, 0) is 24.5 Å². The van der Waals surface area contributed by atoms with Crippen molar-refractivity contribution in [1.82, 2.24) is 25.5 Å². The average Bonchev–Trinajstić information content (AvgIpc) is 2.58. The molecule has 0 unspecified atom stereocenters. The first kappa shape index (κ1) is 18.5. The summed E-state index contributed by atoms with van der Waals surface area (Å²) in [6, 6.07) is 3.72. The van der Waals surface area contributed by atoms with Crippen LogP contribution in [0.1, 0.15) is 41.5 Å². The van der Waals surface area contributed by atoms with Gasteiger partial charge in [0.15, 0.2) is 11.5 Å². The molecule has 4 rings (SSSR count). The summed E-state index contributed by atoms with van der Waals surface area (Å²) in [7, 11) is 1.58. The second kappa shape index (κ2) is 6.97. The highest BCUT2D eigenvalue weighted by molar-refractivity contribution is 5.93. The van der Waals surface area contributed by atoms with Gasteiger partial charge in [-0.2, -0.15) is 4.98 Å². The second-order valence-electron chi connectivity index (χ2n) is 7.94. The summed E-state index contributed by atoms with van der Waals surface area (Å²) < 4.78 is 5.33. The van der Waals surface area contributed by atoms with Gasteiger partial charge in [-0.25, -0.2) is 4.98 Å². The lowest BCUT2D eigenvalue weighted by Crippen LogP contribution is -2.66. The third-order valence-electron chi connectivity index (χ3n) is 5.14. The van der Waals surface area contributed by atoms with Gasteiger partial charge in [0.05, 0.1) is 18.6 Å². The van der Waals surface area contributed by atoms with E-state index >= 15 is 0 Å². The van der Waals surface area contributed by atoms with Crippen molar-refractivity contribution in [1.29, 1.82) is 0 Å². The Balaban J connectivity index is 1.55. The summed E-state index contributed by atoms with van der Waals surface area (Å²) in [6.07, 6.45) is 0. The number of anilines is 3. The van der Waals surface area contributed by atoms with Crippen LogP contribution in [-0.4, -0.2) is 59.4 Å². The van der Waals surface area contributed by atoms with Crippen LogP contribution in [0.2, 0.25) is 0 Å². The van der Waals surface area contributed by atoms with E-state index in [9.17, 15) is 4.79 Å². The van der Waals surface area contributed by atoms with Crippen LogP contribution >= 0.6 is 0 Å². The van der Waals surface area contributed by atoms with Crippen LogP contribution in [0.25, 0.3) is 0 Å². The topological polar surface area (TPSA) is 105 Å². The molecule has 2 aromatic rings. The molecule has 2 saturated heterocycles. The summed E-state index contributed by atoms with van der Waals surface area (Å²) in [4.78, 5) is 23.4. The lowest BCUT2D eigenvalue weighted by atomic mass is 9.78. The van der Waals surface area contributed by atoms with Crippen LogP contribution in [0.4, 0.5) is 17.6 Å². The summed E-state index contributed by atoms with van der Waals surface area (Å²) >= 11 is 0. The lowest BCUT2D eigenvalue weighted by molar-refractivity contribution is -0.127. The number of hydrogen-bond donors (Lipinski definition) is 2. The number of rotatable bonds is 5. The Kier molecular flexibility index (Phi) is 4.62. The first-order valence-corrected chi connectivity index (χ1v) is 9.44. The second-order valence-corrected chi connectivity index (χ2v) is 7.94. The molecule has 0 radical (unpaired) electrons. The van der Waals surface area contributed by atoms with Crippen molar-refractivity contribution in [2.24, 2.45) is 5.41 Å². The van der Waals surface area contributed by atoms with Crippen molar-refractivity contribution in [3.63, 3.8) is 0 Å². The van der Waals surface area contributed by atoms with Gasteiger partial charge in [-0.1, -0.05) is 13.8 Å².